The molecule has 1 unspecified atom stereocenters. The number of pyridine rings is 1. The monoisotopic (exact) mass is 387 g/mol. The van der Waals surface area contributed by atoms with Gasteiger partial charge in [0.1, 0.15) is 11.4 Å². The van der Waals surface area contributed by atoms with E-state index in [2.05, 4.69) is 37.4 Å². The van der Waals surface area contributed by atoms with E-state index in [1.807, 2.05) is 36.7 Å². The molecule has 4 heterocycles. The van der Waals surface area contributed by atoms with Crippen LogP contribution in [0.25, 0.3) is 27.9 Å². The standard InChI is InChI=1S/C23H25N5O/c1-29-21-7-3-2-6-19(21)22-20-11-18(14-25-23(20)27-26-22)17-10-16(12-24-13-17)15-28-8-4-5-9-28/h2-3,6-7,11-14,16H,4-5,8-10,15H2,1H3,(H,25,26,27). The van der Waals surface area contributed by atoms with E-state index >= 15 is 0 Å². The van der Waals surface area contributed by atoms with Crippen molar-refractivity contribution in [3.63, 3.8) is 0 Å². The van der Waals surface area contributed by atoms with Crippen LogP contribution in [-0.4, -0.2) is 53.0 Å². The van der Waals surface area contributed by atoms with E-state index in [0.29, 0.717) is 5.92 Å². The van der Waals surface area contributed by atoms with Gasteiger partial charge in [-0.3, -0.25) is 10.1 Å². The van der Waals surface area contributed by atoms with Crippen LogP contribution in [0.3, 0.4) is 0 Å². The summed E-state index contributed by atoms with van der Waals surface area (Å²) in [6.45, 7) is 3.52. The Morgan fingerprint density at radius 2 is 2.07 bits per heavy atom. The highest BCUT2D eigenvalue weighted by Gasteiger charge is 2.21. The van der Waals surface area contributed by atoms with E-state index in [-0.39, 0.29) is 0 Å². The predicted molar refractivity (Wildman–Crippen MR) is 116 cm³/mol. The molecule has 6 nitrogen and oxygen atoms in total. The summed E-state index contributed by atoms with van der Waals surface area (Å²) in [5, 5.41) is 8.57. The zero-order valence-corrected chi connectivity index (χ0v) is 16.6. The molecule has 3 aromatic rings. The van der Waals surface area contributed by atoms with Crippen molar-refractivity contribution < 1.29 is 4.74 Å². The van der Waals surface area contributed by atoms with E-state index in [1.165, 1.54) is 31.5 Å². The molecule has 2 aliphatic heterocycles. The lowest BCUT2D eigenvalue weighted by atomic mass is 9.93. The topological polar surface area (TPSA) is 66.4 Å². The number of methoxy groups -OCH3 is 1. The quantitative estimate of drug-likeness (QED) is 0.714. The van der Waals surface area contributed by atoms with Crippen LogP contribution in [-0.2, 0) is 0 Å². The molecule has 1 atom stereocenters. The van der Waals surface area contributed by atoms with Gasteiger partial charge in [0, 0.05) is 42.0 Å². The van der Waals surface area contributed by atoms with Crippen LogP contribution in [0.15, 0.2) is 47.7 Å². The first-order valence-electron chi connectivity index (χ1n) is 10.2. The van der Waals surface area contributed by atoms with E-state index in [0.717, 1.165) is 46.6 Å². The molecule has 0 bridgehead atoms. The zero-order chi connectivity index (χ0) is 19.6. The van der Waals surface area contributed by atoms with Gasteiger partial charge in [0.15, 0.2) is 5.65 Å². The molecule has 1 aromatic carbocycles. The lowest BCUT2D eigenvalue weighted by molar-refractivity contribution is 0.314. The number of fused-ring (bicyclic) bond motifs is 1. The zero-order valence-electron chi connectivity index (χ0n) is 16.6. The summed E-state index contributed by atoms with van der Waals surface area (Å²) < 4.78 is 5.53. The van der Waals surface area contributed by atoms with Crippen molar-refractivity contribution in [3.05, 3.63) is 48.3 Å². The van der Waals surface area contributed by atoms with Gasteiger partial charge in [-0.1, -0.05) is 12.1 Å². The Hall–Kier alpha value is -2.99. The number of ether oxygens (including phenoxy) is 1. The van der Waals surface area contributed by atoms with Crippen LogP contribution < -0.4 is 4.74 Å². The number of nitrogens with zero attached hydrogens (tertiary/aromatic N) is 4. The molecule has 0 radical (unpaired) electrons. The van der Waals surface area contributed by atoms with E-state index < -0.39 is 0 Å². The first kappa shape index (κ1) is 18.1. The summed E-state index contributed by atoms with van der Waals surface area (Å²) >= 11 is 0. The minimum atomic E-state index is 0.460. The largest absolute Gasteiger partial charge is 0.496 e. The molecule has 6 heteroatoms. The number of aromatic amines is 1. The number of para-hydroxylation sites is 1. The summed E-state index contributed by atoms with van der Waals surface area (Å²) in [6, 6.07) is 10.1. The molecule has 5 rings (SSSR count). The molecule has 0 aliphatic carbocycles. The predicted octanol–water partition coefficient (Wildman–Crippen LogP) is 4.16. The second-order valence-electron chi connectivity index (χ2n) is 7.82. The third-order valence-electron chi connectivity index (χ3n) is 5.85. The minimum absolute atomic E-state index is 0.460. The average Bonchev–Trinajstić information content (AvgIpc) is 3.43. The molecule has 1 saturated heterocycles. The van der Waals surface area contributed by atoms with Crippen molar-refractivity contribution in [1.82, 2.24) is 20.1 Å². The van der Waals surface area contributed by atoms with Crippen molar-refractivity contribution >= 4 is 22.8 Å². The lowest BCUT2D eigenvalue weighted by Gasteiger charge is -2.23. The van der Waals surface area contributed by atoms with Crippen LogP contribution in [0.2, 0.25) is 0 Å². The Bertz CT molecular complexity index is 1080. The number of hydrogen-bond donors (Lipinski definition) is 1. The third-order valence-corrected chi connectivity index (χ3v) is 5.85. The third kappa shape index (κ3) is 3.56. The van der Waals surface area contributed by atoms with Gasteiger partial charge in [-0.2, -0.15) is 5.10 Å². The maximum absolute atomic E-state index is 5.53. The molecule has 2 aliphatic rings. The van der Waals surface area contributed by atoms with Crippen LogP contribution in [0.4, 0.5) is 0 Å². The van der Waals surface area contributed by atoms with Crippen LogP contribution in [0.5, 0.6) is 5.75 Å². The van der Waals surface area contributed by atoms with Gasteiger partial charge in [0.2, 0.25) is 0 Å². The van der Waals surface area contributed by atoms with Gasteiger partial charge in [-0.15, -0.1) is 0 Å². The Kier molecular flexibility index (Phi) is 4.86. The SMILES string of the molecule is COc1ccccc1-c1n[nH]c2ncc(C3=CN=CC(CN4CCCC4)C3)cc12. The van der Waals surface area contributed by atoms with Crippen LogP contribution >= 0.6 is 0 Å². The van der Waals surface area contributed by atoms with Crippen LogP contribution in [0.1, 0.15) is 24.8 Å². The van der Waals surface area contributed by atoms with Gasteiger partial charge in [-0.05, 0) is 61.7 Å². The number of aliphatic imine (C=N–C) groups is 1. The van der Waals surface area contributed by atoms with Gasteiger partial charge in [0.05, 0.1) is 7.11 Å². The highest BCUT2D eigenvalue weighted by molar-refractivity contribution is 5.94. The number of hydrogen-bond acceptors (Lipinski definition) is 5. The Morgan fingerprint density at radius 1 is 1.21 bits per heavy atom. The molecule has 148 valence electrons. The molecule has 1 N–H and O–H groups in total. The second kappa shape index (κ2) is 7.79. The van der Waals surface area contributed by atoms with Gasteiger partial charge >= 0.3 is 0 Å². The van der Waals surface area contributed by atoms with Crippen molar-refractivity contribution in [1.29, 1.82) is 0 Å². The number of aromatic nitrogens is 3. The number of allylic oxidation sites excluding steroid dienone is 1. The fourth-order valence-corrected chi connectivity index (χ4v) is 4.37. The van der Waals surface area contributed by atoms with Crippen molar-refractivity contribution in [2.75, 3.05) is 26.7 Å². The maximum Gasteiger partial charge on any atom is 0.155 e. The molecule has 2 aromatic heterocycles. The Balaban J connectivity index is 1.45. The summed E-state index contributed by atoms with van der Waals surface area (Å²) in [6.07, 6.45) is 9.64. The fourth-order valence-electron chi connectivity index (χ4n) is 4.37. The molecule has 0 spiro atoms. The second-order valence-corrected chi connectivity index (χ2v) is 7.82. The molecule has 0 saturated carbocycles. The van der Waals surface area contributed by atoms with Crippen LogP contribution in [0, 0.1) is 5.92 Å². The normalized spacial score (nSPS) is 19.6. The number of nitrogens with one attached hydrogen (secondary N) is 1. The lowest BCUT2D eigenvalue weighted by Crippen LogP contribution is -2.28. The maximum atomic E-state index is 5.53. The Morgan fingerprint density at radius 3 is 2.93 bits per heavy atom. The molecule has 29 heavy (non-hydrogen) atoms. The molecule has 0 amide bonds. The number of benzene rings is 1. The van der Waals surface area contributed by atoms with E-state index in [1.54, 1.807) is 7.11 Å². The smallest absolute Gasteiger partial charge is 0.155 e. The fraction of sp³-hybridized carbons (Fsp3) is 0.348. The highest BCUT2D eigenvalue weighted by atomic mass is 16.5. The first-order valence-corrected chi connectivity index (χ1v) is 10.2. The summed E-state index contributed by atoms with van der Waals surface area (Å²) in [7, 11) is 1.68. The van der Waals surface area contributed by atoms with Gasteiger partial charge < -0.3 is 9.64 Å². The van der Waals surface area contributed by atoms with Crippen molar-refractivity contribution in [2.24, 2.45) is 10.9 Å². The summed E-state index contributed by atoms with van der Waals surface area (Å²) in [5.74, 6) is 1.26. The van der Waals surface area contributed by atoms with Gasteiger partial charge in [-0.25, -0.2) is 4.98 Å². The van der Waals surface area contributed by atoms with Crippen molar-refractivity contribution in [2.45, 2.75) is 19.3 Å². The molecular weight excluding hydrogens is 362 g/mol. The number of rotatable bonds is 5. The summed E-state index contributed by atoms with van der Waals surface area (Å²) in [4.78, 5) is 11.7. The number of likely N-dealkylation sites (tertiary alicyclic amines) is 1. The summed E-state index contributed by atoms with van der Waals surface area (Å²) in [5.41, 5.74) is 4.95. The highest BCUT2D eigenvalue weighted by Crippen LogP contribution is 2.34. The Labute approximate surface area is 170 Å². The number of H-pyrrole nitrogens is 1. The average molecular weight is 387 g/mol. The van der Waals surface area contributed by atoms with Gasteiger partial charge in [0.25, 0.3) is 0 Å². The van der Waals surface area contributed by atoms with E-state index in [9.17, 15) is 0 Å². The molecular formula is C23H25N5O. The molecule has 1 fully saturated rings. The van der Waals surface area contributed by atoms with Crippen molar-refractivity contribution in [3.8, 4) is 17.0 Å². The van der Waals surface area contributed by atoms with E-state index in [4.69, 9.17) is 4.74 Å². The minimum Gasteiger partial charge on any atom is -0.496 e. The first-order chi connectivity index (χ1) is 14.3.